The zero-order chi connectivity index (χ0) is 14.7. The Balaban J connectivity index is 2.34. The van der Waals surface area contributed by atoms with Gasteiger partial charge in [0, 0.05) is 11.6 Å². The second-order valence-electron chi connectivity index (χ2n) is 5.11. The molecule has 1 N–H and O–H groups in total. The van der Waals surface area contributed by atoms with Gasteiger partial charge in [0.05, 0.1) is 7.11 Å². The quantitative estimate of drug-likeness (QED) is 0.901. The molecule has 1 heterocycles. The van der Waals surface area contributed by atoms with Crippen molar-refractivity contribution in [3.63, 3.8) is 0 Å². The highest BCUT2D eigenvalue weighted by molar-refractivity contribution is 5.39. The van der Waals surface area contributed by atoms with Crippen LogP contribution in [0.3, 0.4) is 0 Å². The Kier molecular flexibility index (Phi) is 4.50. The first kappa shape index (κ1) is 14.7. The van der Waals surface area contributed by atoms with Gasteiger partial charge in [-0.25, -0.2) is 0 Å². The van der Waals surface area contributed by atoms with Crippen LogP contribution in [0.1, 0.15) is 34.3 Å². The maximum absolute atomic E-state index is 5.75. The molecule has 0 aliphatic rings. The summed E-state index contributed by atoms with van der Waals surface area (Å²) in [5.74, 6) is 2.93. The number of likely N-dealkylation sites (N-methyl/N-ethyl adjacent to an activating group) is 1. The number of hydrogen-bond acceptors (Lipinski definition) is 3. The smallest absolute Gasteiger partial charge is 0.122 e. The van der Waals surface area contributed by atoms with Gasteiger partial charge in [-0.1, -0.05) is 18.2 Å². The van der Waals surface area contributed by atoms with E-state index in [1.807, 2.05) is 39.1 Å². The molecule has 0 fully saturated rings. The number of aryl methyl sites for hydroxylation is 2. The van der Waals surface area contributed by atoms with Crippen LogP contribution >= 0.6 is 0 Å². The van der Waals surface area contributed by atoms with Gasteiger partial charge in [0.2, 0.25) is 0 Å². The fourth-order valence-electron chi connectivity index (χ4n) is 2.76. The lowest BCUT2D eigenvalue weighted by molar-refractivity contribution is 0.406. The monoisotopic (exact) mass is 273 g/mol. The van der Waals surface area contributed by atoms with Crippen LogP contribution in [0.4, 0.5) is 0 Å². The summed E-state index contributed by atoms with van der Waals surface area (Å²) in [6, 6.07) is 8.38. The molecule has 0 saturated carbocycles. The first-order valence-corrected chi connectivity index (χ1v) is 6.94. The van der Waals surface area contributed by atoms with Gasteiger partial charge in [-0.2, -0.15) is 0 Å². The van der Waals surface area contributed by atoms with E-state index in [4.69, 9.17) is 9.15 Å². The largest absolute Gasteiger partial charge is 0.496 e. The van der Waals surface area contributed by atoms with Crippen molar-refractivity contribution in [2.75, 3.05) is 14.2 Å². The third kappa shape index (κ3) is 2.73. The number of ether oxygens (including phenoxy) is 1. The van der Waals surface area contributed by atoms with E-state index >= 15 is 0 Å². The van der Waals surface area contributed by atoms with Crippen molar-refractivity contribution in [2.24, 2.45) is 0 Å². The molecular weight excluding hydrogens is 250 g/mol. The van der Waals surface area contributed by atoms with Crippen molar-refractivity contribution in [1.82, 2.24) is 5.32 Å². The van der Waals surface area contributed by atoms with Gasteiger partial charge in [0.25, 0.3) is 0 Å². The molecular formula is C17H23NO2. The van der Waals surface area contributed by atoms with Gasteiger partial charge in [-0.05, 0) is 51.4 Å². The van der Waals surface area contributed by atoms with Crippen molar-refractivity contribution >= 4 is 0 Å². The Bertz CT molecular complexity index is 587. The van der Waals surface area contributed by atoms with E-state index in [9.17, 15) is 0 Å². The van der Waals surface area contributed by atoms with Crippen molar-refractivity contribution in [1.29, 1.82) is 0 Å². The third-order valence-electron chi connectivity index (χ3n) is 3.93. The number of para-hydroxylation sites is 1. The van der Waals surface area contributed by atoms with Crippen LogP contribution in [0.25, 0.3) is 0 Å². The minimum Gasteiger partial charge on any atom is -0.496 e. The van der Waals surface area contributed by atoms with Crippen molar-refractivity contribution in [2.45, 2.75) is 33.2 Å². The molecule has 2 rings (SSSR count). The van der Waals surface area contributed by atoms with E-state index in [2.05, 4.69) is 18.3 Å². The van der Waals surface area contributed by atoms with E-state index in [1.54, 1.807) is 7.11 Å². The molecule has 20 heavy (non-hydrogen) atoms. The molecule has 1 unspecified atom stereocenters. The molecule has 1 atom stereocenters. The molecule has 0 amide bonds. The fraction of sp³-hybridized carbons (Fsp3) is 0.412. The van der Waals surface area contributed by atoms with E-state index < -0.39 is 0 Å². The summed E-state index contributed by atoms with van der Waals surface area (Å²) in [5.41, 5.74) is 3.69. The summed E-state index contributed by atoms with van der Waals surface area (Å²) in [4.78, 5) is 0. The van der Waals surface area contributed by atoms with Gasteiger partial charge in [0.1, 0.15) is 17.3 Å². The molecule has 0 radical (unpaired) electrons. The number of hydrogen-bond donors (Lipinski definition) is 1. The average Bonchev–Trinajstić information content (AvgIpc) is 2.70. The lowest BCUT2D eigenvalue weighted by Gasteiger charge is -2.18. The average molecular weight is 273 g/mol. The van der Waals surface area contributed by atoms with Crippen molar-refractivity contribution in [3.8, 4) is 5.75 Å². The van der Waals surface area contributed by atoms with Crippen LogP contribution in [-0.4, -0.2) is 14.2 Å². The lowest BCUT2D eigenvalue weighted by atomic mass is 9.95. The summed E-state index contributed by atoms with van der Waals surface area (Å²) in [6.45, 7) is 6.16. The van der Waals surface area contributed by atoms with Crippen LogP contribution in [0.15, 0.2) is 28.7 Å². The summed E-state index contributed by atoms with van der Waals surface area (Å²) in [7, 11) is 3.70. The van der Waals surface area contributed by atoms with Gasteiger partial charge < -0.3 is 14.5 Å². The molecule has 3 nitrogen and oxygen atoms in total. The highest BCUT2D eigenvalue weighted by Crippen LogP contribution is 2.31. The fourth-order valence-corrected chi connectivity index (χ4v) is 2.76. The molecule has 108 valence electrons. The van der Waals surface area contributed by atoms with E-state index in [0.717, 1.165) is 23.7 Å². The molecule has 1 aromatic carbocycles. The second kappa shape index (κ2) is 6.14. The first-order valence-electron chi connectivity index (χ1n) is 6.94. The molecule has 0 aliphatic carbocycles. The number of nitrogens with one attached hydrogen (secondary N) is 1. The van der Waals surface area contributed by atoms with Crippen molar-refractivity contribution in [3.05, 3.63) is 52.5 Å². The Morgan fingerprint density at radius 2 is 1.85 bits per heavy atom. The summed E-state index contributed by atoms with van der Waals surface area (Å²) in [6.07, 6.45) is 0.876. The van der Waals surface area contributed by atoms with Gasteiger partial charge in [0.15, 0.2) is 0 Å². The highest BCUT2D eigenvalue weighted by atomic mass is 16.5. The predicted molar refractivity (Wildman–Crippen MR) is 81.4 cm³/mol. The van der Waals surface area contributed by atoms with Crippen LogP contribution in [0.2, 0.25) is 0 Å². The number of rotatable bonds is 5. The Labute approximate surface area is 121 Å². The summed E-state index contributed by atoms with van der Waals surface area (Å²) < 4.78 is 11.2. The normalized spacial score (nSPS) is 12.4. The number of benzene rings is 1. The maximum Gasteiger partial charge on any atom is 0.122 e. The van der Waals surface area contributed by atoms with Crippen LogP contribution < -0.4 is 10.1 Å². The molecule has 0 saturated heterocycles. The maximum atomic E-state index is 5.75. The van der Waals surface area contributed by atoms with Crippen molar-refractivity contribution < 1.29 is 9.15 Å². The van der Waals surface area contributed by atoms with Crippen LogP contribution in [-0.2, 0) is 6.42 Å². The molecule has 0 aliphatic heterocycles. The topological polar surface area (TPSA) is 34.4 Å². The first-order chi connectivity index (χ1) is 9.58. The zero-order valence-electron chi connectivity index (χ0n) is 12.9. The molecule has 0 bridgehead atoms. The van der Waals surface area contributed by atoms with Gasteiger partial charge in [-0.3, -0.25) is 0 Å². The van der Waals surface area contributed by atoms with Gasteiger partial charge in [-0.15, -0.1) is 0 Å². The standard InChI is InChI=1S/C17H23NO2/c1-11-12(2)20-13(3)17(11)15(18-4)10-14-8-6-7-9-16(14)19-5/h6-9,15,18H,10H2,1-5H3. The Morgan fingerprint density at radius 1 is 1.15 bits per heavy atom. The minimum atomic E-state index is 0.226. The van der Waals surface area contributed by atoms with E-state index in [0.29, 0.717) is 0 Å². The van der Waals surface area contributed by atoms with E-state index in [1.165, 1.54) is 16.7 Å². The Morgan fingerprint density at radius 3 is 2.40 bits per heavy atom. The SMILES string of the molecule is CNC(Cc1ccccc1OC)c1c(C)oc(C)c1C. The highest BCUT2D eigenvalue weighted by Gasteiger charge is 2.21. The number of methoxy groups -OCH3 is 1. The van der Waals surface area contributed by atoms with Gasteiger partial charge >= 0.3 is 0 Å². The van der Waals surface area contributed by atoms with Crippen LogP contribution in [0.5, 0.6) is 5.75 Å². The van der Waals surface area contributed by atoms with E-state index in [-0.39, 0.29) is 6.04 Å². The second-order valence-corrected chi connectivity index (χ2v) is 5.11. The number of furan rings is 1. The zero-order valence-corrected chi connectivity index (χ0v) is 12.9. The lowest BCUT2D eigenvalue weighted by Crippen LogP contribution is -2.20. The van der Waals surface area contributed by atoms with Crippen LogP contribution in [0, 0.1) is 20.8 Å². The molecule has 2 aromatic rings. The predicted octanol–water partition coefficient (Wildman–Crippen LogP) is 3.72. The molecule has 0 spiro atoms. The summed E-state index contributed by atoms with van der Waals surface area (Å²) >= 11 is 0. The molecule has 3 heteroatoms. The molecule has 1 aromatic heterocycles. The Hall–Kier alpha value is -1.74. The summed E-state index contributed by atoms with van der Waals surface area (Å²) in [5, 5.41) is 3.40. The third-order valence-corrected chi connectivity index (χ3v) is 3.93. The minimum absolute atomic E-state index is 0.226.